The van der Waals surface area contributed by atoms with E-state index in [4.69, 9.17) is 4.74 Å². The van der Waals surface area contributed by atoms with Crippen molar-refractivity contribution in [1.29, 1.82) is 5.26 Å². The summed E-state index contributed by atoms with van der Waals surface area (Å²) in [5.74, 6) is 0.669. The molecule has 1 unspecified atom stereocenters. The highest BCUT2D eigenvalue weighted by Crippen LogP contribution is 2.25. The quantitative estimate of drug-likeness (QED) is 0.808. The molecule has 0 aliphatic heterocycles. The molecule has 3 rings (SSSR count). The first-order valence-electron chi connectivity index (χ1n) is 9.41. The highest BCUT2D eigenvalue weighted by molar-refractivity contribution is 5.86. The van der Waals surface area contributed by atoms with Gasteiger partial charge in [-0.3, -0.25) is 4.79 Å². The lowest BCUT2D eigenvalue weighted by Crippen LogP contribution is -2.41. The van der Waals surface area contributed by atoms with Crippen LogP contribution in [0.2, 0.25) is 0 Å². The number of carbonyl (C=O) groups is 1. The summed E-state index contributed by atoms with van der Waals surface area (Å²) in [5.41, 5.74) is 2.00. The minimum absolute atomic E-state index is 0.0696. The van der Waals surface area contributed by atoms with Gasteiger partial charge in [0.1, 0.15) is 17.9 Å². The van der Waals surface area contributed by atoms with E-state index in [9.17, 15) is 10.1 Å². The van der Waals surface area contributed by atoms with Crippen LogP contribution < -0.4 is 15.4 Å². The first-order chi connectivity index (χ1) is 13.2. The van der Waals surface area contributed by atoms with Crippen molar-refractivity contribution in [3.05, 3.63) is 59.7 Å². The number of hydrogen-bond donors (Lipinski definition) is 2. The van der Waals surface area contributed by atoms with E-state index in [1.165, 1.54) is 6.42 Å². The molecule has 1 aliphatic rings. The summed E-state index contributed by atoms with van der Waals surface area (Å²) < 4.78 is 5.22. The third-order valence-electron chi connectivity index (χ3n) is 5.01. The Morgan fingerprint density at radius 1 is 1.11 bits per heavy atom. The smallest absolute Gasteiger partial charge is 0.247 e. The minimum Gasteiger partial charge on any atom is -0.497 e. The zero-order chi connectivity index (χ0) is 19.1. The van der Waals surface area contributed by atoms with Crippen molar-refractivity contribution in [1.82, 2.24) is 5.32 Å². The third kappa shape index (κ3) is 4.79. The lowest BCUT2D eigenvalue weighted by atomic mass is 9.95. The van der Waals surface area contributed by atoms with E-state index >= 15 is 0 Å². The van der Waals surface area contributed by atoms with Crippen molar-refractivity contribution in [3.63, 3.8) is 0 Å². The summed E-state index contributed by atoms with van der Waals surface area (Å²) in [5, 5.41) is 15.8. The molecule has 1 amide bonds. The molecular weight excluding hydrogens is 338 g/mol. The van der Waals surface area contributed by atoms with Gasteiger partial charge in [-0.2, -0.15) is 5.26 Å². The van der Waals surface area contributed by atoms with Gasteiger partial charge in [0.05, 0.1) is 18.4 Å². The van der Waals surface area contributed by atoms with Crippen LogP contribution in [0.15, 0.2) is 48.5 Å². The first-order valence-corrected chi connectivity index (χ1v) is 9.41. The number of carbonyl (C=O) groups excluding carboxylic acids is 1. The van der Waals surface area contributed by atoms with E-state index in [1.807, 2.05) is 42.5 Å². The number of amides is 1. The molecule has 2 N–H and O–H groups in total. The van der Waals surface area contributed by atoms with Crippen molar-refractivity contribution >= 4 is 11.6 Å². The molecular formula is C22H25N3O2. The normalized spacial score (nSPS) is 15.4. The number of rotatable bonds is 6. The minimum atomic E-state index is -0.577. The van der Waals surface area contributed by atoms with Gasteiger partial charge in [-0.05, 0) is 42.7 Å². The van der Waals surface area contributed by atoms with Crippen molar-refractivity contribution < 1.29 is 9.53 Å². The van der Waals surface area contributed by atoms with Gasteiger partial charge in [0.2, 0.25) is 5.91 Å². The average Bonchev–Trinajstić information content (AvgIpc) is 2.73. The van der Waals surface area contributed by atoms with Gasteiger partial charge in [-0.1, -0.05) is 43.5 Å². The van der Waals surface area contributed by atoms with E-state index in [0.717, 1.165) is 37.0 Å². The lowest BCUT2D eigenvalue weighted by Gasteiger charge is -2.27. The second-order valence-corrected chi connectivity index (χ2v) is 6.85. The molecule has 5 nitrogen and oxygen atoms in total. The number of nitrogens with one attached hydrogen (secondary N) is 2. The van der Waals surface area contributed by atoms with Crippen molar-refractivity contribution in [2.75, 3.05) is 12.4 Å². The molecule has 0 spiro atoms. The summed E-state index contributed by atoms with van der Waals surface area (Å²) in [6.45, 7) is 0. The van der Waals surface area contributed by atoms with E-state index in [0.29, 0.717) is 11.3 Å². The van der Waals surface area contributed by atoms with Crippen LogP contribution in [0.5, 0.6) is 5.75 Å². The Morgan fingerprint density at radius 3 is 2.48 bits per heavy atom. The molecule has 0 radical (unpaired) electrons. The van der Waals surface area contributed by atoms with Crippen molar-refractivity contribution in [2.24, 2.45) is 0 Å². The first kappa shape index (κ1) is 18.8. The average molecular weight is 363 g/mol. The van der Waals surface area contributed by atoms with E-state index < -0.39 is 6.04 Å². The highest BCUT2D eigenvalue weighted by Gasteiger charge is 2.25. The predicted molar refractivity (Wildman–Crippen MR) is 106 cm³/mol. The van der Waals surface area contributed by atoms with Crippen LogP contribution in [0.3, 0.4) is 0 Å². The number of methoxy groups -OCH3 is 1. The van der Waals surface area contributed by atoms with Crippen LogP contribution in [0.4, 0.5) is 5.69 Å². The molecule has 1 atom stereocenters. The number of nitrogens with zero attached hydrogens (tertiary/aromatic N) is 1. The molecule has 1 fully saturated rings. The Kier molecular flexibility index (Phi) is 6.32. The van der Waals surface area contributed by atoms with Gasteiger partial charge < -0.3 is 15.4 Å². The van der Waals surface area contributed by atoms with Gasteiger partial charge >= 0.3 is 0 Å². The Labute approximate surface area is 160 Å². The Hall–Kier alpha value is -3.00. The van der Waals surface area contributed by atoms with Gasteiger partial charge in [0.25, 0.3) is 0 Å². The number of nitriles is 1. The standard InChI is InChI=1S/C22H25N3O2/c1-27-19-13-11-16(12-14-19)21(22(26)24-18-8-3-2-4-9-18)25-20-10-6-5-7-17(20)15-23/h5-7,10-14,18,21,25H,2-4,8-9H2,1H3,(H,24,26). The molecule has 140 valence electrons. The molecule has 1 aliphatic carbocycles. The topological polar surface area (TPSA) is 74.1 Å². The molecule has 2 aromatic rings. The van der Waals surface area contributed by atoms with E-state index in [2.05, 4.69) is 16.7 Å². The van der Waals surface area contributed by atoms with E-state index in [-0.39, 0.29) is 11.9 Å². The number of benzene rings is 2. The Morgan fingerprint density at radius 2 is 1.81 bits per heavy atom. The van der Waals surface area contributed by atoms with Gasteiger partial charge in [-0.25, -0.2) is 0 Å². The summed E-state index contributed by atoms with van der Waals surface area (Å²) in [6.07, 6.45) is 5.60. The second kappa shape index (κ2) is 9.09. The molecule has 1 saturated carbocycles. The number of anilines is 1. The second-order valence-electron chi connectivity index (χ2n) is 6.85. The fourth-order valence-corrected chi connectivity index (χ4v) is 3.49. The molecule has 27 heavy (non-hydrogen) atoms. The number of hydrogen-bond acceptors (Lipinski definition) is 4. The predicted octanol–water partition coefficient (Wildman–Crippen LogP) is 4.17. The highest BCUT2D eigenvalue weighted by atomic mass is 16.5. The van der Waals surface area contributed by atoms with Crippen LogP contribution in [0.1, 0.15) is 49.3 Å². The maximum absolute atomic E-state index is 13.1. The summed E-state index contributed by atoms with van der Waals surface area (Å²) in [4.78, 5) is 13.1. The summed E-state index contributed by atoms with van der Waals surface area (Å²) in [6, 6.07) is 16.5. The molecule has 0 aromatic heterocycles. The van der Waals surface area contributed by atoms with Crippen molar-refractivity contribution in [2.45, 2.75) is 44.2 Å². The van der Waals surface area contributed by atoms with Crippen LogP contribution in [0, 0.1) is 11.3 Å². The molecule has 2 aromatic carbocycles. The van der Waals surface area contributed by atoms with Crippen LogP contribution >= 0.6 is 0 Å². The maximum Gasteiger partial charge on any atom is 0.247 e. The number of para-hydroxylation sites is 1. The van der Waals surface area contributed by atoms with Crippen molar-refractivity contribution in [3.8, 4) is 11.8 Å². The zero-order valence-corrected chi connectivity index (χ0v) is 15.6. The largest absolute Gasteiger partial charge is 0.497 e. The third-order valence-corrected chi connectivity index (χ3v) is 5.01. The number of ether oxygens (including phenoxy) is 1. The maximum atomic E-state index is 13.1. The van der Waals surface area contributed by atoms with Gasteiger partial charge in [0, 0.05) is 6.04 Å². The summed E-state index contributed by atoms with van der Waals surface area (Å²) in [7, 11) is 1.61. The Balaban J connectivity index is 1.85. The molecule has 0 heterocycles. The molecule has 5 heteroatoms. The lowest BCUT2D eigenvalue weighted by molar-refractivity contribution is -0.122. The summed E-state index contributed by atoms with van der Waals surface area (Å²) >= 11 is 0. The molecule has 0 bridgehead atoms. The Bertz CT molecular complexity index is 805. The fourth-order valence-electron chi connectivity index (χ4n) is 3.49. The monoisotopic (exact) mass is 363 g/mol. The zero-order valence-electron chi connectivity index (χ0n) is 15.6. The van der Waals surface area contributed by atoms with Gasteiger partial charge in [-0.15, -0.1) is 0 Å². The molecule has 0 saturated heterocycles. The van der Waals surface area contributed by atoms with E-state index in [1.54, 1.807) is 13.2 Å². The fraction of sp³-hybridized carbons (Fsp3) is 0.364. The van der Waals surface area contributed by atoms with Gasteiger partial charge in [0.15, 0.2) is 0 Å². The van der Waals surface area contributed by atoms with Crippen LogP contribution in [0.25, 0.3) is 0 Å². The SMILES string of the molecule is COc1ccc(C(Nc2ccccc2C#N)C(=O)NC2CCCCC2)cc1. The van der Waals surface area contributed by atoms with Crippen LogP contribution in [-0.2, 0) is 4.79 Å². The van der Waals surface area contributed by atoms with Crippen LogP contribution in [-0.4, -0.2) is 19.1 Å².